The number of morpholine rings is 1. The number of benzene rings is 1. The zero-order chi connectivity index (χ0) is 19.4. The molecule has 1 aromatic heterocycles. The average Bonchev–Trinajstić information content (AvgIpc) is 3.02. The highest BCUT2D eigenvalue weighted by Gasteiger charge is 2.24. The maximum atomic E-state index is 14.6. The van der Waals surface area contributed by atoms with E-state index in [0.717, 1.165) is 4.88 Å². The van der Waals surface area contributed by atoms with Crippen LogP contribution < -0.4 is 15.5 Å². The zero-order valence-corrected chi connectivity index (χ0v) is 16.9. The molecule has 2 heterocycles. The van der Waals surface area contributed by atoms with E-state index < -0.39 is 0 Å². The smallest absolute Gasteiger partial charge is 0.315 e. The molecule has 0 saturated carbocycles. The van der Waals surface area contributed by atoms with Crippen molar-refractivity contribution in [1.82, 2.24) is 10.6 Å². The third kappa shape index (κ3) is 5.57. The van der Waals surface area contributed by atoms with Gasteiger partial charge >= 0.3 is 6.03 Å². The van der Waals surface area contributed by atoms with E-state index in [1.165, 1.54) is 17.4 Å². The Bertz CT molecular complexity index is 791. The second kappa shape index (κ2) is 8.91. The fourth-order valence-corrected chi connectivity index (χ4v) is 4.18. The minimum atomic E-state index is -0.306. The van der Waals surface area contributed by atoms with Crippen LogP contribution in [0.25, 0.3) is 0 Å². The van der Waals surface area contributed by atoms with Gasteiger partial charge in [-0.3, -0.25) is 0 Å². The highest BCUT2D eigenvalue weighted by molar-refractivity contribution is 7.16. The van der Waals surface area contributed by atoms with E-state index in [1.54, 1.807) is 12.1 Å². The molecular formula is C19H23ClFN3O2S. The SMILES string of the molecule is C[C@@H]1CN(c2ccc(CNC(=O)NCc3ccc(Cl)s3)cc2F)C[C@H](C)O1. The van der Waals surface area contributed by atoms with Crippen molar-refractivity contribution in [2.24, 2.45) is 0 Å². The van der Waals surface area contributed by atoms with Crippen molar-refractivity contribution < 1.29 is 13.9 Å². The number of rotatable bonds is 5. The zero-order valence-electron chi connectivity index (χ0n) is 15.3. The molecule has 0 spiro atoms. The van der Waals surface area contributed by atoms with Crippen LogP contribution in [-0.4, -0.2) is 31.3 Å². The number of carbonyl (C=O) groups is 1. The molecule has 2 atom stereocenters. The average molecular weight is 412 g/mol. The molecule has 2 aromatic rings. The van der Waals surface area contributed by atoms with Gasteiger partial charge in [0.05, 0.1) is 28.8 Å². The standard InChI is InChI=1S/C19H23ClFN3O2S/c1-12-10-24(11-13(2)26-12)17-5-3-14(7-16(17)21)8-22-19(25)23-9-15-4-6-18(20)27-15/h3-7,12-13H,8-11H2,1-2H3,(H2,22,23,25)/t12-,13+. The lowest BCUT2D eigenvalue weighted by Crippen LogP contribution is -2.45. The number of urea groups is 1. The number of hydrogen-bond acceptors (Lipinski definition) is 4. The number of hydrogen-bond donors (Lipinski definition) is 2. The fraction of sp³-hybridized carbons (Fsp3) is 0.421. The van der Waals surface area contributed by atoms with Gasteiger partial charge in [-0.25, -0.2) is 9.18 Å². The summed E-state index contributed by atoms with van der Waals surface area (Å²) in [5.41, 5.74) is 1.28. The summed E-state index contributed by atoms with van der Waals surface area (Å²) < 4.78 is 20.9. The molecule has 1 fully saturated rings. The molecule has 5 nitrogen and oxygen atoms in total. The van der Waals surface area contributed by atoms with Gasteiger partial charge in [-0.2, -0.15) is 0 Å². The number of nitrogens with zero attached hydrogens (tertiary/aromatic N) is 1. The lowest BCUT2D eigenvalue weighted by Gasteiger charge is -2.37. The first-order chi connectivity index (χ1) is 12.9. The molecule has 27 heavy (non-hydrogen) atoms. The van der Waals surface area contributed by atoms with E-state index in [4.69, 9.17) is 16.3 Å². The molecule has 0 unspecified atom stereocenters. The monoisotopic (exact) mass is 411 g/mol. The van der Waals surface area contributed by atoms with Gasteiger partial charge in [0.15, 0.2) is 0 Å². The Morgan fingerprint density at radius 3 is 2.56 bits per heavy atom. The first-order valence-electron chi connectivity index (χ1n) is 8.85. The summed E-state index contributed by atoms with van der Waals surface area (Å²) in [6.45, 7) is 5.96. The molecule has 1 aliphatic heterocycles. The number of amides is 2. The molecule has 146 valence electrons. The Kier molecular flexibility index (Phi) is 6.57. The summed E-state index contributed by atoms with van der Waals surface area (Å²) in [6, 6.07) is 8.43. The van der Waals surface area contributed by atoms with Crippen LogP contribution in [0.3, 0.4) is 0 Å². The molecular weight excluding hydrogens is 389 g/mol. The Balaban J connectivity index is 1.52. The molecule has 0 bridgehead atoms. The molecule has 3 rings (SSSR count). The van der Waals surface area contributed by atoms with Gasteiger partial charge in [0, 0.05) is 24.5 Å². The van der Waals surface area contributed by atoms with Crippen molar-refractivity contribution in [2.45, 2.75) is 39.1 Å². The molecule has 1 aliphatic rings. The molecule has 2 N–H and O–H groups in total. The third-order valence-corrected chi connectivity index (χ3v) is 5.51. The summed E-state index contributed by atoms with van der Waals surface area (Å²) in [4.78, 5) is 14.9. The maximum Gasteiger partial charge on any atom is 0.315 e. The summed E-state index contributed by atoms with van der Waals surface area (Å²) in [7, 11) is 0. The number of nitrogens with one attached hydrogen (secondary N) is 2. The topological polar surface area (TPSA) is 53.6 Å². The highest BCUT2D eigenvalue weighted by atomic mass is 35.5. The van der Waals surface area contributed by atoms with Crippen LogP contribution in [0.15, 0.2) is 30.3 Å². The minimum Gasteiger partial charge on any atom is -0.372 e. The van der Waals surface area contributed by atoms with E-state index in [2.05, 4.69) is 10.6 Å². The van der Waals surface area contributed by atoms with E-state index in [1.807, 2.05) is 30.9 Å². The van der Waals surface area contributed by atoms with Gasteiger partial charge < -0.3 is 20.3 Å². The van der Waals surface area contributed by atoms with E-state index >= 15 is 0 Å². The van der Waals surface area contributed by atoms with Crippen LogP contribution in [0.4, 0.5) is 14.9 Å². The number of carbonyl (C=O) groups excluding carboxylic acids is 1. The predicted octanol–water partition coefficient (Wildman–Crippen LogP) is 4.15. The second-order valence-corrected chi connectivity index (χ2v) is 8.49. The van der Waals surface area contributed by atoms with Crippen molar-refractivity contribution in [2.75, 3.05) is 18.0 Å². The second-order valence-electron chi connectivity index (χ2n) is 6.69. The van der Waals surface area contributed by atoms with Gasteiger partial charge in [0.2, 0.25) is 0 Å². The molecule has 0 radical (unpaired) electrons. The number of ether oxygens (including phenoxy) is 1. The van der Waals surface area contributed by atoms with Crippen LogP contribution in [0.5, 0.6) is 0 Å². The van der Waals surface area contributed by atoms with E-state index in [0.29, 0.717) is 35.2 Å². The lowest BCUT2D eigenvalue weighted by molar-refractivity contribution is -0.00539. The number of anilines is 1. The number of thiophene rings is 1. The van der Waals surface area contributed by atoms with Crippen LogP contribution in [0, 0.1) is 5.82 Å². The quantitative estimate of drug-likeness (QED) is 0.777. The Hall–Kier alpha value is -1.83. The largest absolute Gasteiger partial charge is 0.372 e. The van der Waals surface area contributed by atoms with Crippen molar-refractivity contribution >= 4 is 34.7 Å². The number of halogens is 2. The Morgan fingerprint density at radius 1 is 1.22 bits per heavy atom. The molecule has 8 heteroatoms. The van der Waals surface area contributed by atoms with Gasteiger partial charge in [0.25, 0.3) is 0 Å². The highest BCUT2D eigenvalue weighted by Crippen LogP contribution is 2.24. The van der Waals surface area contributed by atoms with Crippen molar-refractivity contribution in [1.29, 1.82) is 0 Å². The van der Waals surface area contributed by atoms with Crippen LogP contribution in [-0.2, 0) is 17.8 Å². The predicted molar refractivity (Wildman–Crippen MR) is 107 cm³/mol. The molecule has 0 aliphatic carbocycles. The van der Waals surface area contributed by atoms with Gasteiger partial charge in [-0.15, -0.1) is 11.3 Å². The van der Waals surface area contributed by atoms with Crippen molar-refractivity contribution in [3.63, 3.8) is 0 Å². The van der Waals surface area contributed by atoms with Crippen LogP contribution in [0.2, 0.25) is 4.34 Å². The van der Waals surface area contributed by atoms with Crippen LogP contribution in [0.1, 0.15) is 24.3 Å². The summed E-state index contributed by atoms with van der Waals surface area (Å²) in [5, 5.41) is 5.49. The third-order valence-electron chi connectivity index (χ3n) is 4.28. The Morgan fingerprint density at radius 2 is 1.93 bits per heavy atom. The van der Waals surface area contributed by atoms with Crippen molar-refractivity contribution in [3.05, 3.63) is 50.9 Å². The lowest BCUT2D eigenvalue weighted by atomic mass is 10.1. The fourth-order valence-electron chi connectivity index (χ4n) is 3.15. The summed E-state index contributed by atoms with van der Waals surface area (Å²) >= 11 is 7.28. The van der Waals surface area contributed by atoms with Gasteiger partial charge in [0.1, 0.15) is 5.82 Å². The maximum absolute atomic E-state index is 14.6. The Labute approximate surface area is 167 Å². The normalized spacial score (nSPS) is 19.8. The van der Waals surface area contributed by atoms with E-state index in [9.17, 15) is 9.18 Å². The van der Waals surface area contributed by atoms with Crippen molar-refractivity contribution in [3.8, 4) is 0 Å². The summed E-state index contributed by atoms with van der Waals surface area (Å²) in [6.07, 6.45) is 0.132. The first-order valence-corrected chi connectivity index (χ1v) is 10.0. The van der Waals surface area contributed by atoms with Gasteiger partial charge in [-0.1, -0.05) is 17.7 Å². The van der Waals surface area contributed by atoms with E-state index in [-0.39, 0.29) is 30.6 Å². The molecule has 2 amide bonds. The first kappa shape index (κ1) is 19.9. The minimum absolute atomic E-state index is 0.0661. The summed E-state index contributed by atoms with van der Waals surface area (Å²) in [5.74, 6) is -0.288. The van der Waals surface area contributed by atoms with Gasteiger partial charge in [-0.05, 0) is 43.7 Å². The van der Waals surface area contributed by atoms with Crippen LogP contribution >= 0.6 is 22.9 Å². The molecule has 1 saturated heterocycles. The molecule has 1 aromatic carbocycles.